The highest BCUT2D eigenvalue weighted by Gasteiger charge is 2.23. The zero-order chi connectivity index (χ0) is 28.6. The van der Waals surface area contributed by atoms with E-state index in [1.54, 1.807) is 31.4 Å². The highest BCUT2D eigenvalue weighted by molar-refractivity contribution is 7.99. The molecule has 0 aliphatic heterocycles. The van der Waals surface area contributed by atoms with Crippen molar-refractivity contribution in [1.29, 1.82) is 0 Å². The van der Waals surface area contributed by atoms with Crippen LogP contribution in [0.4, 0.5) is 5.00 Å². The average Bonchev–Trinajstić information content (AvgIpc) is 3.56. The van der Waals surface area contributed by atoms with Crippen LogP contribution in [-0.4, -0.2) is 46.6 Å². The van der Waals surface area contributed by atoms with Gasteiger partial charge in [0, 0.05) is 17.5 Å². The number of hydrogen-bond acceptors (Lipinski definition) is 9. The van der Waals surface area contributed by atoms with E-state index in [0.717, 1.165) is 11.1 Å². The van der Waals surface area contributed by atoms with E-state index in [-0.39, 0.29) is 18.3 Å². The Bertz CT molecular complexity index is 1520. The number of allylic oxidation sites excluding steroid dienone is 1. The van der Waals surface area contributed by atoms with Gasteiger partial charge in [0.15, 0.2) is 11.0 Å². The van der Waals surface area contributed by atoms with Gasteiger partial charge in [-0.15, -0.1) is 28.1 Å². The summed E-state index contributed by atoms with van der Waals surface area (Å²) in [6.07, 6.45) is 1.71. The van der Waals surface area contributed by atoms with E-state index in [9.17, 15) is 9.59 Å². The number of methoxy groups -OCH3 is 2. The predicted octanol–water partition coefficient (Wildman–Crippen LogP) is 6.26. The molecule has 9 nitrogen and oxygen atoms in total. The Morgan fingerprint density at radius 1 is 1.18 bits per heavy atom. The minimum Gasteiger partial charge on any atom is -0.497 e. The summed E-state index contributed by atoms with van der Waals surface area (Å²) >= 11 is 8.70. The lowest BCUT2D eigenvalue weighted by atomic mass is 10.0. The number of carbonyl (C=O) groups is 2. The number of ether oxygens (including phenoxy) is 3. The number of carbonyl (C=O) groups excluding carboxylic acids is 2. The van der Waals surface area contributed by atoms with Crippen molar-refractivity contribution in [1.82, 2.24) is 14.8 Å². The number of thioether (sulfide) groups is 1. The number of esters is 1. The smallest absolute Gasteiger partial charge is 0.341 e. The standard InChI is InChI=1S/C28H27ClN4O5S2/c1-5-12-33-23(14-38-22-13-17(2)6-11-21(22)29)31-32-28(33)40-16-24(34)30-26-25(27(35)37-4)20(15-39-26)18-7-9-19(36-3)10-8-18/h5-11,13,15H,1,12,14,16H2,2-4H3,(H,30,34). The maximum atomic E-state index is 12.9. The first kappa shape index (κ1) is 29.2. The summed E-state index contributed by atoms with van der Waals surface area (Å²) < 4.78 is 17.9. The molecule has 2 aromatic carbocycles. The molecule has 4 aromatic rings. The van der Waals surface area contributed by atoms with Crippen LogP contribution >= 0.6 is 34.7 Å². The van der Waals surface area contributed by atoms with Crippen molar-refractivity contribution in [3.8, 4) is 22.6 Å². The lowest BCUT2D eigenvalue weighted by molar-refractivity contribution is -0.113. The fraction of sp³-hybridized carbons (Fsp3) is 0.214. The van der Waals surface area contributed by atoms with E-state index < -0.39 is 5.97 Å². The SMILES string of the molecule is C=CCn1c(COc2cc(C)ccc2Cl)nnc1SCC(=O)Nc1scc(-c2ccc(OC)cc2)c1C(=O)OC. The zero-order valence-corrected chi connectivity index (χ0v) is 24.5. The van der Waals surface area contributed by atoms with Crippen molar-refractivity contribution < 1.29 is 23.8 Å². The highest BCUT2D eigenvalue weighted by Crippen LogP contribution is 2.37. The fourth-order valence-corrected chi connectivity index (χ4v) is 5.65. The number of hydrogen-bond donors (Lipinski definition) is 1. The van der Waals surface area contributed by atoms with Gasteiger partial charge in [0.2, 0.25) is 5.91 Å². The van der Waals surface area contributed by atoms with E-state index in [1.165, 1.54) is 30.2 Å². The molecule has 4 rings (SSSR count). The van der Waals surface area contributed by atoms with Gasteiger partial charge >= 0.3 is 5.97 Å². The first-order valence-electron chi connectivity index (χ1n) is 12.0. The van der Waals surface area contributed by atoms with Crippen LogP contribution in [0.25, 0.3) is 11.1 Å². The Labute approximate surface area is 245 Å². The van der Waals surface area contributed by atoms with Crippen molar-refractivity contribution in [2.75, 3.05) is 25.3 Å². The molecule has 12 heteroatoms. The Morgan fingerprint density at radius 3 is 2.65 bits per heavy atom. The number of nitrogens with zero attached hydrogens (tertiary/aromatic N) is 3. The largest absolute Gasteiger partial charge is 0.497 e. The second kappa shape index (κ2) is 13.5. The normalized spacial score (nSPS) is 10.7. The molecule has 0 aliphatic rings. The van der Waals surface area contributed by atoms with Gasteiger partial charge in [-0.05, 0) is 42.3 Å². The zero-order valence-electron chi connectivity index (χ0n) is 22.1. The van der Waals surface area contributed by atoms with Crippen molar-refractivity contribution in [3.05, 3.63) is 82.5 Å². The van der Waals surface area contributed by atoms with Crippen LogP contribution in [0, 0.1) is 6.92 Å². The van der Waals surface area contributed by atoms with Crippen LogP contribution in [0.5, 0.6) is 11.5 Å². The van der Waals surface area contributed by atoms with Crippen LogP contribution in [0.2, 0.25) is 5.02 Å². The third-order valence-corrected chi connectivity index (χ3v) is 7.89. The van der Waals surface area contributed by atoms with Crippen molar-refractivity contribution in [3.63, 3.8) is 0 Å². The van der Waals surface area contributed by atoms with Crippen LogP contribution in [0.15, 0.2) is 65.7 Å². The molecule has 0 saturated heterocycles. The molecule has 0 saturated carbocycles. The van der Waals surface area contributed by atoms with E-state index >= 15 is 0 Å². The highest BCUT2D eigenvalue weighted by atomic mass is 35.5. The van der Waals surface area contributed by atoms with Crippen molar-refractivity contribution in [2.45, 2.75) is 25.2 Å². The molecule has 0 bridgehead atoms. The van der Waals surface area contributed by atoms with E-state index in [2.05, 4.69) is 22.1 Å². The minimum atomic E-state index is -0.542. The second-order valence-corrected chi connectivity index (χ2v) is 10.7. The molecule has 0 fully saturated rings. The summed E-state index contributed by atoms with van der Waals surface area (Å²) in [6, 6.07) is 12.8. The monoisotopic (exact) mass is 598 g/mol. The molecule has 40 heavy (non-hydrogen) atoms. The molecule has 0 unspecified atom stereocenters. The number of nitrogens with one attached hydrogen (secondary N) is 1. The van der Waals surface area contributed by atoms with Crippen LogP contribution in [0.1, 0.15) is 21.7 Å². The Balaban J connectivity index is 1.45. The maximum Gasteiger partial charge on any atom is 0.341 e. The second-order valence-electron chi connectivity index (χ2n) is 8.43. The van der Waals surface area contributed by atoms with Gasteiger partial charge in [-0.3, -0.25) is 9.36 Å². The lowest BCUT2D eigenvalue weighted by Gasteiger charge is -2.11. The quantitative estimate of drug-likeness (QED) is 0.116. The first-order valence-corrected chi connectivity index (χ1v) is 14.3. The van der Waals surface area contributed by atoms with Gasteiger partial charge in [-0.2, -0.15) is 0 Å². The van der Waals surface area contributed by atoms with Gasteiger partial charge < -0.3 is 19.5 Å². The third-order valence-electron chi connectivity index (χ3n) is 5.72. The van der Waals surface area contributed by atoms with Gasteiger partial charge in [0.25, 0.3) is 0 Å². The average molecular weight is 599 g/mol. The van der Waals surface area contributed by atoms with E-state index in [0.29, 0.717) is 50.2 Å². The number of anilines is 1. The number of halogens is 1. The topological polar surface area (TPSA) is 105 Å². The number of rotatable bonds is 12. The van der Waals surface area contributed by atoms with E-state index in [4.69, 9.17) is 25.8 Å². The van der Waals surface area contributed by atoms with Gasteiger partial charge in [-0.25, -0.2) is 4.79 Å². The molecule has 1 N–H and O–H groups in total. The first-order chi connectivity index (χ1) is 19.3. The fourth-order valence-electron chi connectivity index (χ4n) is 3.74. The number of thiophene rings is 1. The van der Waals surface area contributed by atoms with Crippen LogP contribution in [0.3, 0.4) is 0 Å². The van der Waals surface area contributed by atoms with Gasteiger partial charge in [0.1, 0.15) is 28.7 Å². The third kappa shape index (κ3) is 6.85. The molecule has 2 aromatic heterocycles. The summed E-state index contributed by atoms with van der Waals surface area (Å²) in [5.74, 6) is 0.999. The number of amides is 1. The molecular formula is C28H27ClN4O5S2. The van der Waals surface area contributed by atoms with Crippen molar-refractivity contribution in [2.24, 2.45) is 0 Å². The molecule has 0 spiro atoms. The van der Waals surface area contributed by atoms with Gasteiger partial charge in [0.05, 0.1) is 25.0 Å². The molecule has 0 aliphatic carbocycles. The van der Waals surface area contributed by atoms with Crippen LogP contribution in [-0.2, 0) is 22.7 Å². The predicted molar refractivity (Wildman–Crippen MR) is 158 cm³/mol. The van der Waals surface area contributed by atoms with Gasteiger partial charge in [-0.1, -0.05) is 47.6 Å². The summed E-state index contributed by atoms with van der Waals surface area (Å²) in [5.41, 5.74) is 2.77. The molecular weight excluding hydrogens is 572 g/mol. The van der Waals surface area contributed by atoms with Crippen molar-refractivity contribution >= 4 is 51.6 Å². The summed E-state index contributed by atoms with van der Waals surface area (Å²) in [4.78, 5) is 25.6. The molecule has 0 atom stereocenters. The molecule has 208 valence electrons. The summed E-state index contributed by atoms with van der Waals surface area (Å²) in [6.45, 7) is 6.33. The Hall–Kier alpha value is -3.80. The Morgan fingerprint density at radius 2 is 1.95 bits per heavy atom. The molecule has 1 amide bonds. The van der Waals surface area contributed by atoms with E-state index in [1.807, 2.05) is 41.1 Å². The number of benzene rings is 2. The summed E-state index contributed by atoms with van der Waals surface area (Å²) in [7, 11) is 2.89. The minimum absolute atomic E-state index is 0.0379. The number of aromatic nitrogens is 3. The van der Waals surface area contributed by atoms with Crippen LogP contribution < -0.4 is 14.8 Å². The maximum absolute atomic E-state index is 12.9. The summed E-state index contributed by atoms with van der Waals surface area (Å²) in [5, 5.41) is 14.6. The Kier molecular flexibility index (Phi) is 9.86. The lowest BCUT2D eigenvalue weighted by Crippen LogP contribution is -2.16. The molecule has 0 radical (unpaired) electrons. The molecule has 2 heterocycles. The number of aryl methyl sites for hydroxylation is 1.